The summed E-state index contributed by atoms with van der Waals surface area (Å²) in [7, 11) is 0. The lowest BCUT2D eigenvalue weighted by atomic mass is 9.92. The quantitative estimate of drug-likeness (QED) is 0.574. The lowest BCUT2D eigenvalue weighted by Gasteiger charge is -2.22. The molecule has 1 heterocycles. The SMILES string of the molecule is C=C(C)COc1ccc(C2(C)NC(=O)N(CC(=O)NC3CC3)C2=O)cc1. The first-order chi connectivity index (χ1) is 12.3. The molecule has 7 nitrogen and oxygen atoms in total. The zero-order chi connectivity index (χ0) is 18.9. The Hall–Kier alpha value is -2.83. The van der Waals surface area contributed by atoms with Crippen molar-refractivity contribution in [2.24, 2.45) is 0 Å². The number of ether oxygens (including phenoxy) is 1. The Morgan fingerprint density at radius 3 is 2.58 bits per heavy atom. The molecule has 2 aliphatic rings. The maximum absolute atomic E-state index is 12.8. The van der Waals surface area contributed by atoms with Crippen LogP contribution in [0.25, 0.3) is 0 Å². The highest BCUT2D eigenvalue weighted by molar-refractivity contribution is 6.09. The van der Waals surface area contributed by atoms with Crippen molar-refractivity contribution in [3.63, 3.8) is 0 Å². The number of imide groups is 1. The van der Waals surface area contributed by atoms with Crippen molar-refractivity contribution in [2.45, 2.75) is 38.3 Å². The smallest absolute Gasteiger partial charge is 0.325 e. The molecule has 2 N–H and O–H groups in total. The number of benzene rings is 1. The second-order valence-corrected chi connectivity index (χ2v) is 7.06. The first kappa shape index (κ1) is 18.0. The van der Waals surface area contributed by atoms with Crippen molar-refractivity contribution in [3.8, 4) is 5.75 Å². The molecule has 138 valence electrons. The van der Waals surface area contributed by atoms with Gasteiger partial charge in [0.15, 0.2) is 0 Å². The maximum Gasteiger partial charge on any atom is 0.325 e. The summed E-state index contributed by atoms with van der Waals surface area (Å²) in [5, 5.41) is 5.48. The summed E-state index contributed by atoms with van der Waals surface area (Å²) in [6.45, 7) is 7.43. The van der Waals surface area contributed by atoms with Crippen LogP contribution in [0.1, 0.15) is 32.3 Å². The van der Waals surface area contributed by atoms with Crippen LogP contribution < -0.4 is 15.4 Å². The summed E-state index contributed by atoms with van der Waals surface area (Å²) in [4.78, 5) is 37.9. The van der Waals surface area contributed by atoms with Crippen molar-refractivity contribution in [1.82, 2.24) is 15.5 Å². The van der Waals surface area contributed by atoms with Gasteiger partial charge >= 0.3 is 6.03 Å². The zero-order valence-corrected chi connectivity index (χ0v) is 15.0. The molecule has 4 amide bonds. The monoisotopic (exact) mass is 357 g/mol. The van der Waals surface area contributed by atoms with Crippen molar-refractivity contribution >= 4 is 17.8 Å². The van der Waals surface area contributed by atoms with Gasteiger partial charge in [0, 0.05) is 6.04 Å². The summed E-state index contributed by atoms with van der Waals surface area (Å²) in [5.41, 5.74) is 0.326. The Morgan fingerprint density at radius 2 is 2.00 bits per heavy atom. The van der Waals surface area contributed by atoms with E-state index in [4.69, 9.17) is 4.74 Å². The van der Waals surface area contributed by atoms with Crippen LogP contribution in [0.4, 0.5) is 4.79 Å². The fraction of sp³-hybridized carbons (Fsp3) is 0.421. The molecule has 7 heteroatoms. The highest BCUT2D eigenvalue weighted by atomic mass is 16.5. The van der Waals surface area contributed by atoms with Crippen LogP contribution >= 0.6 is 0 Å². The van der Waals surface area contributed by atoms with Crippen molar-refractivity contribution in [3.05, 3.63) is 42.0 Å². The number of hydrogen-bond acceptors (Lipinski definition) is 4. The summed E-state index contributed by atoms with van der Waals surface area (Å²) in [5.74, 6) is -0.106. The van der Waals surface area contributed by atoms with Crippen LogP contribution in [-0.2, 0) is 15.1 Å². The van der Waals surface area contributed by atoms with Gasteiger partial charge in [-0.1, -0.05) is 18.7 Å². The van der Waals surface area contributed by atoms with E-state index >= 15 is 0 Å². The number of hydrogen-bond donors (Lipinski definition) is 2. The zero-order valence-electron chi connectivity index (χ0n) is 15.0. The van der Waals surface area contributed by atoms with Crippen molar-refractivity contribution in [2.75, 3.05) is 13.2 Å². The lowest BCUT2D eigenvalue weighted by Crippen LogP contribution is -2.43. The molecule has 1 saturated heterocycles. The minimum Gasteiger partial charge on any atom is -0.489 e. The fourth-order valence-corrected chi connectivity index (χ4v) is 2.77. The molecular formula is C19H23N3O4. The molecule has 1 unspecified atom stereocenters. The Labute approximate surface area is 152 Å². The van der Waals surface area contributed by atoms with Crippen LogP contribution in [-0.4, -0.2) is 41.9 Å². The second kappa shape index (κ2) is 6.82. The molecule has 1 aromatic carbocycles. The Bertz CT molecular complexity index is 755. The van der Waals surface area contributed by atoms with Gasteiger partial charge in [-0.2, -0.15) is 0 Å². The number of rotatable bonds is 7. The number of nitrogens with one attached hydrogen (secondary N) is 2. The van der Waals surface area contributed by atoms with Gasteiger partial charge in [-0.15, -0.1) is 0 Å². The van der Waals surface area contributed by atoms with E-state index in [0.29, 0.717) is 17.9 Å². The predicted molar refractivity (Wildman–Crippen MR) is 95.5 cm³/mol. The van der Waals surface area contributed by atoms with E-state index in [-0.39, 0.29) is 18.5 Å². The van der Waals surface area contributed by atoms with Crippen molar-refractivity contribution < 1.29 is 19.1 Å². The fourth-order valence-electron chi connectivity index (χ4n) is 2.77. The summed E-state index contributed by atoms with van der Waals surface area (Å²) in [6.07, 6.45) is 1.90. The number of carbonyl (C=O) groups excluding carboxylic acids is 3. The summed E-state index contributed by atoms with van der Waals surface area (Å²) < 4.78 is 5.55. The minimum absolute atomic E-state index is 0.182. The van der Waals surface area contributed by atoms with E-state index in [9.17, 15) is 14.4 Å². The molecule has 1 saturated carbocycles. The Morgan fingerprint density at radius 1 is 1.35 bits per heavy atom. The van der Waals surface area contributed by atoms with E-state index in [2.05, 4.69) is 17.2 Å². The molecule has 0 spiro atoms. The van der Waals surface area contributed by atoms with E-state index in [0.717, 1.165) is 23.3 Å². The molecule has 2 fully saturated rings. The summed E-state index contributed by atoms with van der Waals surface area (Å²) in [6, 6.07) is 6.57. The molecular weight excluding hydrogens is 334 g/mol. The van der Waals surface area contributed by atoms with E-state index in [1.54, 1.807) is 31.2 Å². The third-order valence-corrected chi connectivity index (χ3v) is 4.44. The molecule has 26 heavy (non-hydrogen) atoms. The van der Waals surface area contributed by atoms with Gasteiger partial charge in [0.25, 0.3) is 5.91 Å². The van der Waals surface area contributed by atoms with Gasteiger partial charge in [0.1, 0.15) is 24.4 Å². The van der Waals surface area contributed by atoms with Crippen LogP contribution in [0.2, 0.25) is 0 Å². The molecule has 3 rings (SSSR count). The molecule has 1 aliphatic heterocycles. The van der Waals surface area contributed by atoms with Gasteiger partial charge in [0.05, 0.1) is 0 Å². The van der Waals surface area contributed by atoms with Crippen LogP contribution in [0.15, 0.2) is 36.4 Å². The first-order valence-electron chi connectivity index (χ1n) is 8.61. The van der Waals surface area contributed by atoms with Gasteiger partial charge in [-0.25, -0.2) is 4.79 Å². The maximum atomic E-state index is 12.8. The summed E-state index contributed by atoms with van der Waals surface area (Å²) >= 11 is 0. The van der Waals surface area contributed by atoms with Crippen LogP contribution in [0.5, 0.6) is 5.75 Å². The third-order valence-electron chi connectivity index (χ3n) is 4.44. The van der Waals surface area contributed by atoms with Crippen LogP contribution in [0.3, 0.4) is 0 Å². The average molecular weight is 357 g/mol. The van der Waals surface area contributed by atoms with E-state index < -0.39 is 17.5 Å². The van der Waals surface area contributed by atoms with E-state index in [1.807, 2.05) is 6.92 Å². The molecule has 1 aliphatic carbocycles. The second-order valence-electron chi connectivity index (χ2n) is 7.06. The predicted octanol–water partition coefficient (Wildman–Crippen LogP) is 1.69. The van der Waals surface area contributed by atoms with Gasteiger partial charge in [-0.05, 0) is 50.0 Å². The molecule has 1 atom stereocenters. The highest BCUT2D eigenvalue weighted by Crippen LogP contribution is 2.30. The minimum atomic E-state index is -1.20. The van der Waals surface area contributed by atoms with Crippen molar-refractivity contribution in [1.29, 1.82) is 0 Å². The number of carbonyl (C=O) groups is 3. The topological polar surface area (TPSA) is 87.7 Å². The molecule has 0 aromatic heterocycles. The lowest BCUT2D eigenvalue weighted by molar-refractivity contribution is -0.134. The Kier molecular flexibility index (Phi) is 4.71. The average Bonchev–Trinajstić information content (AvgIpc) is 3.37. The third kappa shape index (κ3) is 3.71. The Balaban J connectivity index is 1.70. The van der Waals surface area contributed by atoms with E-state index in [1.165, 1.54) is 0 Å². The molecule has 0 radical (unpaired) electrons. The van der Waals surface area contributed by atoms with Gasteiger partial charge < -0.3 is 15.4 Å². The number of amides is 4. The largest absolute Gasteiger partial charge is 0.489 e. The normalized spacial score (nSPS) is 22.2. The highest BCUT2D eigenvalue weighted by Gasteiger charge is 2.49. The number of urea groups is 1. The van der Waals surface area contributed by atoms with Gasteiger partial charge in [-0.3, -0.25) is 14.5 Å². The molecule has 1 aromatic rings. The molecule has 0 bridgehead atoms. The first-order valence-corrected chi connectivity index (χ1v) is 8.61. The number of nitrogens with zero attached hydrogens (tertiary/aromatic N) is 1. The van der Waals surface area contributed by atoms with Gasteiger partial charge in [0.2, 0.25) is 5.91 Å². The van der Waals surface area contributed by atoms with Crippen LogP contribution in [0, 0.1) is 0 Å². The standard InChI is InChI=1S/C19H23N3O4/c1-12(2)11-26-15-8-4-13(5-9-15)19(3)17(24)22(18(25)21-19)10-16(23)20-14-6-7-14/h4-5,8-9,14H,1,6-7,10-11H2,2-3H3,(H,20,23)(H,21,25).